The van der Waals surface area contributed by atoms with Crippen molar-refractivity contribution in [1.29, 1.82) is 0 Å². The van der Waals surface area contributed by atoms with E-state index >= 15 is 0 Å². The topological polar surface area (TPSA) is 99.7 Å². The van der Waals surface area contributed by atoms with Gasteiger partial charge < -0.3 is 20.5 Å². The molecule has 0 aromatic heterocycles. The number of halogens is 2. The molecule has 1 aromatic carbocycles. The number of benzene rings is 1. The Kier molecular flexibility index (Phi) is 6.40. The summed E-state index contributed by atoms with van der Waals surface area (Å²) in [4.78, 5) is 25.2. The molecule has 2 bridgehead atoms. The number of carbonyl (C=O) groups excluding carboxylic acids is 2. The number of carbonyl (C=O) groups is 2. The van der Waals surface area contributed by atoms with Gasteiger partial charge in [0.1, 0.15) is 11.6 Å². The van der Waals surface area contributed by atoms with Gasteiger partial charge in [0.2, 0.25) is 5.91 Å². The first-order valence-corrected chi connectivity index (χ1v) is 11.9. The number of nitrogens with one attached hydrogen (secondary N) is 3. The Morgan fingerprint density at radius 3 is 2.68 bits per heavy atom. The maximum absolute atomic E-state index is 13.5. The fourth-order valence-electron chi connectivity index (χ4n) is 4.81. The van der Waals surface area contributed by atoms with Crippen molar-refractivity contribution in [2.45, 2.75) is 67.6 Å². The number of aliphatic hydroxyl groups excluding tert-OH is 1. The van der Waals surface area contributed by atoms with Crippen LogP contribution in [0, 0.1) is 5.82 Å². The van der Waals surface area contributed by atoms with Gasteiger partial charge in [-0.1, -0.05) is 11.6 Å². The van der Waals surface area contributed by atoms with Crippen molar-refractivity contribution >= 4 is 35.2 Å². The molecule has 1 aromatic rings. The zero-order chi connectivity index (χ0) is 22.2. The smallest absolute Gasteiger partial charge is 0.258 e. The molecule has 1 heterocycles. The number of rotatable bonds is 6. The minimum atomic E-state index is -0.767. The van der Waals surface area contributed by atoms with Crippen LogP contribution in [0.5, 0.6) is 5.75 Å². The molecule has 170 valence electrons. The lowest BCUT2D eigenvalue weighted by Gasteiger charge is -2.56. The summed E-state index contributed by atoms with van der Waals surface area (Å²) >= 11 is 7.36. The van der Waals surface area contributed by atoms with E-state index in [1.807, 2.05) is 6.92 Å². The van der Waals surface area contributed by atoms with E-state index < -0.39 is 23.0 Å². The Balaban J connectivity index is 1.31. The maximum atomic E-state index is 13.5. The summed E-state index contributed by atoms with van der Waals surface area (Å²) in [5, 5.41) is 20.5. The lowest BCUT2D eigenvalue weighted by atomic mass is 9.60. The van der Waals surface area contributed by atoms with Gasteiger partial charge in [0.15, 0.2) is 6.61 Å². The molecule has 3 saturated carbocycles. The summed E-state index contributed by atoms with van der Waals surface area (Å²) < 4.78 is 18.9. The van der Waals surface area contributed by atoms with E-state index in [4.69, 9.17) is 16.3 Å². The summed E-state index contributed by atoms with van der Waals surface area (Å²) in [6, 6.07) is 3.76. The second-order valence-corrected chi connectivity index (χ2v) is 10.5. The molecule has 3 unspecified atom stereocenters. The molecular weight excluding hydrogens is 445 g/mol. The number of aliphatic hydroxyl groups is 1. The number of ether oxygens (including phenoxy) is 1. The summed E-state index contributed by atoms with van der Waals surface area (Å²) in [5.41, 5.74) is -1.16. The number of hydrogen-bond donors (Lipinski definition) is 4. The highest BCUT2D eigenvalue weighted by molar-refractivity contribution is 8.00. The van der Waals surface area contributed by atoms with E-state index in [1.54, 1.807) is 11.8 Å². The largest absolute Gasteiger partial charge is 0.484 e. The zero-order valence-electron chi connectivity index (χ0n) is 17.2. The lowest BCUT2D eigenvalue weighted by molar-refractivity contribution is -0.136. The molecule has 0 radical (unpaired) electrons. The van der Waals surface area contributed by atoms with Crippen LogP contribution in [-0.2, 0) is 9.59 Å². The molecule has 3 aliphatic carbocycles. The van der Waals surface area contributed by atoms with E-state index in [0.717, 1.165) is 11.8 Å². The summed E-state index contributed by atoms with van der Waals surface area (Å²) in [5.74, 6) is -0.0759. The quantitative estimate of drug-likeness (QED) is 0.506. The van der Waals surface area contributed by atoms with Crippen LogP contribution in [-0.4, -0.2) is 57.9 Å². The SMILES string of the molecule is CC1NC(C(=O)NC23CCC(NC(=O)COc4ccc(Cl)c(F)c4)(CC2)C(O)C3)CS1. The van der Waals surface area contributed by atoms with Crippen molar-refractivity contribution in [2.24, 2.45) is 0 Å². The van der Waals surface area contributed by atoms with Crippen LogP contribution >= 0.6 is 23.4 Å². The molecule has 4 fully saturated rings. The van der Waals surface area contributed by atoms with Crippen LogP contribution in [0.2, 0.25) is 5.02 Å². The van der Waals surface area contributed by atoms with E-state index in [2.05, 4.69) is 16.0 Å². The first-order valence-electron chi connectivity index (χ1n) is 10.5. The Morgan fingerprint density at radius 1 is 1.32 bits per heavy atom. The Bertz CT molecular complexity index is 865. The third-order valence-corrected chi connectivity index (χ3v) is 8.09. The number of fused-ring (bicyclic) bond motifs is 3. The second kappa shape index (κ2) is 8.77. The third kappa shape index (κ3) is 4.79. The number of thioether (sulfide) groups is 1. The monoisotopic (exact) mass is 471 g/mol. The van der Waals surface area contributed by atoms with E-state index in [1.165, 1.54) is 12.1 Å². The van der Waals surface area contributed by atoms with Crippen molar-refractivity contribution in [1.82, 2.24) is 16.0 Å². The van der Waals surface area contributed by atoms with Crippen molar-refractivity contribution in [3.63, 3.8) is 0 Å². The van der Waals surface area contributed by atoms with Crippen molar-refractivity contribution in [3.05, 3.63) is 29.0 Å². The van der Waals surface area contributed by atoms with Crippen molar-refractivity contribution < 1.29 is 23.8 Å². The molecular formula is C21H27ClFN3O4S. The predicted octanol–water partition coefficient (Wildman–Crippen LogP) is 1.96. The van der Waals surface area contributed by atoms with Crippen LogP contribution in [0.3, 0.4) is 0 Å². The van der Waals surface area contributed by atoms with Crippen LogP contribution in [0.25, 0.3) is 0 Å². The molecule has 0 spiro atoms. The first kappa shape index (κ1) is 22.6. The minimum absolute atomic E-state index is 0.0178. The normalized spacial score (nSPS) is 34.4. The van der Waals surface area contributed by atoms with Gasteiger partial charge in [-0.05, 0) is 51.2 Å². The molecule has 4 aliphatic rings. The van der Waals surface area contributed by atoms with Crippen LogP contribution in [0.4, 0.5) is 4.39 Å². The highest BCUT2D eigenvalue weighted by Crippen LogP contribution is 2.47. The average molecular weight is 472 g/mol. The first-order chi connectivity index (χ1) is 14.7. The van der Waals surface area contributed by atoms with Gasteiger partial charge in [-0.2, -0.15) is 0 Å². The Labute approximate surface area is 189 Å². The average Bonchev–Trinajstić information content (AvgIpc) is 3.17. The van der Waals surface area contributed by atoms with E-state index in [-0.39, 0.29) is 40.6 Å². The Morgan fingerprint density at radius 2 is 2.06 bits per heavy atom. The number of amides is 2. The van der Waals surface area contributed by atoms with E-state index in [9.17, 15) is 19.1 Å². The van der Waals surface area contributed by atoms with Crippen LogP contribution in [0.15, 0.2) is 18.2 Å². The fraction of sp³-hybridized carbons (Fsp3) is 0.619. The van der Waals surface area contributed by atoms with Gasteiger partial charge in [-0.3, -0.25) is 14.9 Å². The van der Waals surface area contributed by atoms with Crippen LogP contribution < -0.4 is 20.7 Å². The standard InChI is InChI=1S/C21H27ClFN3O4S/c1-12-24-16(11-31-12)19(29)26-20-4-6-21(7-5-20,17(27)9-20)25-18(28)10-30-13-2-3-14(22)15(23)8-13/h2-3,8,12,16-17,24,27H,4-7,9-11H2,1H3,(H,25,28)(H,26,29). The van der Waals surface area contributed by atoms with Gasteiger partial charge in [0.05, 0.1) is 28.1 Å². The van der Waals surface area contributed by atoms with Gasteiger partial charge in [-0.25, -0.2) is 4.39 Å². The van der Waals surface area contributed by atoms with Gasteiger partial charge in [0, 0.05) is 17.4 Å². The van der Waals surface area contributed by atoms with Gasteiger partial charge in [-0.15, -0.1) is 11.8 Å². The summed E-state index contributed by atoms with van der Waals surface area (Å²) in [6.45, 7) is 1.74. The predicted molar refractivity (Wildman–Crippen MR) is 117 cm³/mol. The van der Waals surface area contributed by atoms with E-state index in [0.29, 0.717) is 32.1 Å². The second-order valence-electron chi connectivity index (χ2n) is 8.75. The fourth-order valence-corrected chi connectivity index (χ4v) is 5.92. The molecule has 7 nitrogen and oxygen atoms in total. The molecule has 3 atom stereocenters. The molecule has 2 amide bonds. The summed E-state index contributed by atoms with van der Waals surface area (Å²) in [7, 11) is 0. The molecule has 31 heavy (non-hydrogen) atoms. The van der Waals surface area contributed by atoms with Crippen LogP contribution in [0.1, 0.15) is 39.0 Å². The molecule has 5 rings (SSSR count). The highest BCUT2D eigenvalue weighted by Gasteiger charge is 2.55. The van der Waals surface area contributed by atoms with Crippen molar-refractivity contribution in [3.8, 4) is 5.75 Å². The third-order valence-electron chi connectivity index (χ3n) is 6.62. The molecule has 10 heteroatoms. The lowest BCUT2D eigenvalue weighted by Crippen LogP contribution is -2.71. The molecule has 1 aliphatic heterocycles. The molecule has 4 N–H and O–H groups in total. The zero-order valence-corrected chi connectivity index (χ0v) is 18.8. The number of hydrogen-bond acceptors (Lipinski definition) is 6. The highest BCUT2D eigenvalue weighted by atomic mass is 35.5. The van der Waals surface area contributed by atoms with Crippen molar-refractivity contribution in [2.75, 3.05) is 12.4 Å². The maximum Gasteiger partial charge on any atom is 0.258 e. The molecule has 1 saturated heterocycles. The minimum Gasteiger partial charge on any atom is -0.484 e. The van der Waals surface area contributed by atoms with Gasteiger partial charge >= 0.3 is 0 Å². The Hall–Kier alpha value is -1.55. The summed E-state index contributed by atoms with van der Waals surface area (Å²) in [6.07, 6.45) is 2.15. The van der Waals surface area contributed by atoms with Gasteiger partial charge in [0.25, 0.3) is 5.91 Å².